The molecule has 1 aliphatic rings. The van der Waals surface area contributed by atoms with Crippen molar-refractivity contribution < 1.29 is 8.91 Å². The summed E-state index contributed by atoms with van der Waals surface area (Å²) in [6, 6.07) is 7.37. The lowest BCUT2D eigenvalue weighted by Gasteiger charge is -2.22. The van der Waals surface area contributed by atoms with E-state index in [1.807, 2.05) is 13.0 Å². The first-order valence-corrected chi connectivity index (χ1v) is 8.19. The van der Waals surface area contributed by atoms with Crippen molar-refractivity contribution >= 4 is 17.8 Å². The van der Waals surface area contributed by atoms with Crippen LogP contribution in [0.2, 0.25) is 0 Å². The Morgan fingerprint density at radius 2 is 2.05 bits per heavy atom. The first kappa shape index (κ1) is 14.4. The summed E-state index contributed by atoms with van der Waals surface area (Å²) in [5.74, 6) is 1.69. The van der Waals surface area contributed by atoms with Gasteiger partial charge in [-0.25, -0.2) is 4.39 Å². The first-order chi connectivity index (χ1) is 10.2. The van der Waals surface area contributed by atoms with Gasteiger partial charge in [0.05, 0.1) is 4.90 Å². The van der Waals surface area contributed by atoms with Gasteiger partial charge in [-0.2, -0.15) is 0 Å². The summed E-state index contributed by atoms with van der Waals surface area (Å²) in [6.45, 7) is 1.82. The second kappa shape index (κ2) is 6.52. The molecule has 0 bridgehead atoms. The molecule has 0 aliphatic heterocycles. The van der Waals surface area contributed by atoms with Gasteiger partial charge in [0.2, 0.25) is 0 Å². The van der Waals surface area contributed by atoms with Crippen molar-refractivity contribution in [3.63, 3.8) is 0 Å². The van der Waals surface area contributed by atoms with Crippen molar-refractivity contribution in [1.82, 2.24) is 5.16 Å². The molecule has 0 atom stereocenters. The average molecular weight is 306 g/mol. The Labute approximate surface area is 128 Å². The van der Waals surface area contributed by atoms with Crippen LogP contribution < -0.4 is 4.72 Å². The molecule has 1 aliphatic carbocycles. The zero-order valence-electron chi connectivity index (χ0n) is 12.1. The minimum Gasteiger partial charge on any atom is -0.360 e. The van der Waals surface area contributed by atoms with E-state index in [1.54, 1.807) is 12.1 Å². The topological polar surface area (TPSA) is 38.1 Å². The van der Waals surface area contributed by atoms with Crippen LogP contribution in [-0.4, -0.2) is 5.16 Å². The molecule has 21 heavy (non-hydrogen) atoms. The predicted octanol–water partition coefficient (Wildman–Crippen LogP) is 5.29. The van der Waals surface area contributed by atoms with E-state index in [0.29, 0.717) is 16.6 Å². The summed E-state index contributed by atoms with van der Waals surface area (Å²) >= 11 is 1.22. The van der Waals surface area contributed by atoms with Crippen LogP contribution in [0, 0.1) is 12.7 Å². The Balaban J connectivity index is 1.66. The molecule has 2 aromatic rings. The molecule has 1 heterocycles. The number of hydrogen-bond acceptors (Lipinski definition) is 4. The summed E-state index contributed by atoms with van der Waals surface area (Å²) in [5.41, 5.74) is 1.13. The maximum absolute atomic E-state index is 14.2. The number of nitrogens with one attached hydrogen (secondary N) is 1. The molecule has 1 aromatic carbocycles. The smallest absolute Gasteiger partial charge is 0.179 e. The van der Waals surface area contributed by atoms with Crippen molar-refractivity contribution in [3.8, 4) is 0 Å². The molecule has 0 unspecified atom stereocenters. The fourth-order valence-corrected chi connectivity index (χ4v) is 3.41. The lowest BCUT2D eigenvalue weighted by atomic mass is 9.84. The second-order valence-electron chi connectivity index (χ2n) is 5.55. The van der Waals surface area contributed by atoms with Crippen LogP contribution in [0.25, 0.3) is 0 Å². The molecular weight excluding hydrogens is 287 g/mol. The summed E-state index contributed by atoms with van der Waals surface area (Å²) in [5, 5.41) is 3.82. The van der Waals surface area contributed by atoms with E-state index in [0.717, 1.165) is 11.3 Å². The van der Waals surface area contributed by atoms with E-state index >= 15 is 0 Å². The van der Waals surface area contributed by atoms with Gasteiger partial charge in [-0.1, -0.05) is 30.5 Å². The largest absolute Gasteiger partial charge is 0.360 e. The summed E-state index contributed by atoms with van der Waals surface area (Å²) in [4.78, 5) is 0.579. The number of aryl methyl sites for hydroxylation is 1. The quantitative estimate of drug-likeness (QED) is 0.779. The van der Waals surface area contributed by atoms with E-state index in [9.17, 15) is 4.39 Å². The summed E-state index contributed by atoms with van der Waals surface area (Å²) < 4.78 is 22.2. The molecule has 3 nitrogen and oxygen atoms in total. The Bertz CT molecular complexity index is 608. The van der Waals surface area contributed by atoms with Gasteiger partial charge < -0.3 is 9.25 Å². The monoisotopic (exact) mass is 306 g/mol. The van der Waals surface area contributed by atoms with Crippen LogP contribution in [0.4, 0.5) is 10.2 Å². The fraction of sp³-hybridized carbons (Fsp3) is 0.438. The number of nitrogens with zero attached hydrogens (tertiary/aromatic N) is 1. The molecule has 0 amide bonds. The van der Waals surface area contributed by atoms with Crippen LogP contribution in [0.3, 0.4) is 0 Å². The number of aromatic nitrogens is 1. The Kier molecular flexibility index (Phi) is 4.48. The summed E-state index contributed by atoms with van der Waals surface area (Å²) in [6.07, 6.45) is 6.20. The minimum absolute atomic E-state index is 0.171. The lowest BCUT2D eigenvalue weighted by Crippen LogP contribution is -2.05. The van der Waals surface area contributed by atoms with Crippen LogP contribution >= 0.6 is 11.9 Å². The van der Waals surface area contributed by atoms with Gasteiger partial charge >= 0.3 is 0 Å². The Hall–Kier alpha value is -1.49. The number of benzene rings is 1. The molecule has 3 rings (SSSR count). The number of rotatable bonds is 4. The SMILES string of the molecule is Cc1cc(NSc2ccc(C3CCCCC3)cc2F)no1. The van der Waals surface area contributed by atoms with Gasteiger partial charge in [0.1, 0.15) is 11.6 Å². The molecule has 0 saturated heterocycles. The van der Waals surface area contributed by atoms with Crippen molar-refractivity contribution in [3.05, 3.63) is 41.4 Å². The minimum atomic E-state index is -0.171. The number of anilines is 1. The third-order valence-electron chi connectivity index (χ3n) is 3.93. The van der Waals surface area contributed by atoms with E-state index in [2.05, 4.69) is 15.9 Å². The Morgan fingerprint density at radius 3 is 2.71 bits per heavy atom. The highest BCUT2D eigenvalue weighted by Gasteiger charge is 2.17. The second-order valence-corrected chi connectivity index (χ2v) is 6.40. The predicted molar refractivity (Wildman–Crippen MR) is 82.9 cm³/mol. The van der Waals surface area contributed by atoms with E-state index in [-0.39, 0.29) is 5.82 Å². The molecule has 0 radical (unpaired) electrons. The third kappa shape index (κ3) is 3.59. The van der Waals surface area contributed by atoms with Crippen LogP contribution in [0.1, 0.15) is 49.3 Å². The summed E-state index contributed by atoms with van der Waals surface area (Å²) in [7, 11) is 0. The highest BCUT2D eigenvalue weighted by molar-refractivity contribution is 8.00. The van der Waals surface area contributed by atoms with Gasteiger partial charge in [-0.05, 0) is 55.3 Å². The van der Waals surface area contributed by atoms with Crippen molar-refractivity contribution in [1.29, 1.82) is 0 Å². The third-order valence-corrected chi connectivity index (χ3v) is 4.79. The van der Waals surface area contributed by atoms with Crippen LogP contribution in [-0.2, 0) is 0 Å². The van der Waals surface area contributed by atoms with Crippen molar-refractivity contribution in [2.75, 3.05) is 4.72 Å². The standard InChI is InChI=1S/C16H19FN2OS/c1-11-9-16(18-20-11)19-21-15-8-7-13(10-14(15)17)12-5-3-2-4-6-12/h7-10,12H,2-6H2,1H3,(H,18,19). The number of halogens is 1. The van der Waals surface area contributed by atoms with Gasteiger partial charge in [-0.15, -0.1) is 0 Å². The maximum atomic E-state index is 14.2. The maximum Gasteiger partial charge on any atom is 0.179 e. The Morgan fingerprint density at radius 1 is 1.24 bits per heavy atom. The molecule has 5 heteroatoms. The van der Waals surface area contributed by atoms with E-state index in [1.165, 1.54) is 44.1 Å². The van der Waals surface area contributed by atoms with Crippen molar-refractivity contribution in [2.24, 2.45) is 0 Å². The highest BCUT2D eigenvalue weighted by Crippen LogP contribution is 2.34. The molecule has 1 aromatic heterocycles. The van der Waals surface area contributed by atoms with Gasteiger partial charge in [0, 0.05) is 6.07 Å². The molecule has 112 valence electrons. The molecule has 1 fully saturated rings. The van der Waals surface area contributed by atoms with Gasteiger partial charge in [0.15, 0.2) is 5.82 Å². The zero-order valence-corrected chi connectivity index (χ0v) is 12.9. The van der Waals surface area contributed by atoms with Crippen LogP contribution in [0.5, 0.6) is 0 Å². The lowest BCUT2D eigenvalue weighted by molar-refractivity contribution is 0.400. The van der Waals surface area contributed by atoms with Gasteiger partial charge in [0.25, 0.3) is 0 Å². The molecular formula is C16H19FN2OS. The normalized spacial score (nSPS) is 16.1. The molecule has 0 spiro atoms. The van der Waals surface area contributed by atoms with Crippen LogP contribution in [0.15, 0.2) is 33.7 Å². The van der Waals surface area contributed by atoms with Gasteiger partial charge in [-0.3, -0.25) is 0 Å². The zero-order chi connectivity index (χ0) is 14.7. The first-order valence-electron chi connectivity index (χ1n) is 7.38. The molecule has 1 N–H and O–H groups in total. The highest BCUT2D eigenvalue weighted by atomic mass is 32.2. The van der Waals surface area contributed by atoms with E-state index < -0.39 is 0 Å². The van der Waals surface area contributed by atoms with E-state index in [4.69, 9.17) is 4.52 Å². The number of hydrogen-bond donors (Lipinski definition) is 1. The average Bonchev–Trinajstić information content (AvgIpc) is 2.92. The van der Waals surface area contributed by atoms with Crippen molar-refractivity contribution in [2.45, 2.75) is 49.8 Å². The molecule has 1 saturated carbocycles. The fourth-order valence-electron chi connectivity index (χ4n) is 2.81.